The molecule has 0 unspecified atom stereocenters. The SMILES string of the molecule is c1ccc(-c2ccc(-c3nc(-n4c5cccc(-n6c7ccccc7c7ccccc76)c5c5ccc6ccccc6c54)nc4ccccc34)cc2)cc1. The second-order valence-electron chi connectivity index (χ2n) is 13.4. The van der Waals surface area contributed by atoms with Gasteiger partial charge in [0.05, 0.1) is 39.0 Å². The van der Waals surface area contributed by atoms with Crippen LogP contribution < -0.4 is 0 Å². The molecule has 52 heavy (non-hydrogen) atoms. The van der Waals surface area contributed by atoms with Gasteiger partial charge in [-0.15, -0.1) is 0 Å². The Balaban J connectivity index is 1.24. The number of para-hydroxylation sites is 3. The molecule has 0 fully saturated rings. The van der Waals surface area contributed by atoms with Gasteiger partial charge in [0.25, 0.3) is 0 Å². The van der Waals surface area contributed by atoms with Crippen LogP contribution in [0.5, 0.6) is 0 Å². The van der Waals surface area contributed by atoms with E-state index in [4.69, 9.17) is 9.97 Å². The average Bonchev–Trinajstić information content (AvgIpc) is 3.74. The minimum absolute atomic E-state index is 0.650. The lowest BCUT2D eigenvalue weighted by Crippen LogP contribution is -2.04. The van der Waals surface area contributed by atoms with Crippen LogP contribution in [0, 0.1) is 0 Å². The molecule has 0 atom stereocenters. The maximum atomic E-state index is 5.46. The highest BCUT2D eigenvalue weighted by molar-refractivity contribution is 6.22. The van der Waals surface area contributed by atoms with Crippen molar-refractivity contribution in [3.05, 3.63) is 182 Å². The van der Waals surface area contributed by atoms with Crippen molar-refractivity contribution >= 4 is 65.3 Å². The second-order valence-corrected chi connectivity index (χ2v) is 13.4. The summed E-state index contributed by atoms with van der Waals surface area (Å²) in [6.07, 6.45) is 0. The van der Waals surface area contributed by atoms with Crippen molar-refractivity contribution in [2.45, 2.75) is 0 Å². The summed E-state index contributed by atoms with van der Waals surface area (Å²) in [5.74, 6) is 0.650. The van der Waals surface area contributed by atoms with E-state index in [2.05, 4.69) is 191 Å². The highest BCUT2D eigenvalue weighted by Crippen LogP contribution is 2.42. The van der Waals surface area contributed by atoms with Crippen LogP contribution in [-0.2, 0) is 0 Å². The van der Waals surface area contributed by atoms with Crippen LogP contribution in [0.1, 0.15) is 0 Å². The zero-order chi connectivity index (χ0) is 34.2. The summed E-state index contributed by atoms with van der Waals surface area (Å²) in [5.41, 5.74) is 10.9. The van der Waals surface area contributed by atoms with Gasteiger partial charge in [0.2, 0.25) is 5.95 Å². The molecule has 0 aliphatic rings. The van der Waals surface area contributed by atoms with Gasteiger partial charge in [-0.25, -0.2) is 9.97 Å². The van der Waals surface area contributed by atoms with Gasteiger partial charge in [0.15, 0.2) is 0 Å². The number of hydrogen-bond donors (Lipinski definition) is 0. The molecule has 3 heterocycles. The summed E-state index contributed by atoms with van der Waals surface area (Å²) in [4.78, 5) is 10.8. The van der Waals surface area contributed by atoms with Gasteiger partial charge in [-0.2, -0.15) is 0 Å². The zero-order valence-corrected chi connectivity index (χ0v) is 28.1. The molecular weight excluding hydrogens is 633 g/mol. The van der Waals surface area contributed by atoms with Crippen molar-refractivity contribution in [2.75, 3.05) is 0 Å². The molecule has 4 nitrogen and oxygen atoms in total. The maximum absolute atomic E-state index is 5.46. The molecule has 0 saturated carbocycles. The van der Waals surface area contributed by atoms with Gasteiger partial charge >= 0.3 is 0 Å². The van der Waals surface area contributed by atoms with Crippen molar-refractivity contribution in [3.63, 3.8) is 0 Å². The van der Waals surface area contributed by atoms with Gasteiger partial charge in [0, 0.05) is 37.9 Å². The van der Waals surface area contributed by atoms with E-state index in [-0.39, 0.29) is 0 Å². The normalized spacial score (nSPS) is 11.8. The smallest absolute Gasteiger partial charge is 0.235 e. The fourth-order valence-electron chi connectivity index (χ4n) is 8.22. The van der Waals surface area contributed by atoms with Crippen molar-refractivity contribution in [1.29, 1.82) is 0 Å². The number of aromatic nitrogens is 4. The highest BCUT2D eigenvalue weighted by atomic mass is 15.2. The van der Waals surface area contributed by atoms with Crippen LogP contribution in [0.2, 0.25) is 0 Å². The molecule has 242 valence electrons. The zero-order valence-electron chi connectivity index (χ0n) is 28.1. The Kier molecular flexibility index (Phi) is 6.22. The van der Waals surface area contributed by atoms with Gasteiger partial charge in [0.1, 0.15) is 0 Å². The monoisotopic (exact) mass is 662 g/mol. The van der Waals surface area contributed by atoms with E-state index >= 15 is 0 Å². The number of nitrogens with zero attached hydrogens (tertiary/aromatic N) is 4. The first-order chi connectivity index (χ1) is 25.8. The molecule has 0 radical (unpaired) electrons. The van der Waals surface area contributed by atoms with E-state index in [0.717, 1.165) is 49.7 Å². The highest BCUT2D eigenvalue weighted by Gasteiger charge is 2.23. The molecular formula is C48H30N4. The largest absolute Gasteiger partial charge is 0.309 e. The van der Waals surface area contributed by atoms with Gasteiger partial charge in [-0.05, 0) is 46.8 Å². The molecule has 0 N–H and O–H groups in total. The number of hydrogen-bond acceptors (Lipinski definition) is 2. The molecule has 11 aromatic rings. The number of benzene rings is 8. The second kappa shape index (κ2) is 11.2. The summed E-state index contributed by atoms with van der Waals surface area (Å²) < 4.78 is 4.71. The minimum Gasteiger partial charge on any atom is -0.309 e. The third-order valence-electron chi connectivity index (χ3n) is 10.5. The first-order valence-electron chi connectivity index (χ1n) is 17.7. The number of fused-ring (bicyclic) bond motifs is 9. The van der Waals surface area contributed by atoms with Crippen LogP contribution in [0.15, 0.2) is 182 Å². The quantitative estimate of drug-likeness (QED) is 0.188. The van der Waals surface area contributed by atoms with E-state index in [9.17, 15) is 0 Å². The molecule has 0 aliphatic heterocycles. The minimum atomic E-state index is 0.650. The maximum Gasteiger partial charge on any atom is 0.235 e. The molecule has 11 rings (SSSR count). The first kappa shape index (κ1) is 28.8. The van der Waals surface area contributed by atoms with E-state index < -0.39 is 0 Å². The molecule has 0 spiro atoms. The Hall–Kier alpha value is -7.04. The molecule has 3 aromatic heterocycles. The van der Waals surface area contributed by atoms with Crippen molar-refractivity contribution in [3.8, 4) is 34.0 Å². The molecule has 0 saturated heterocycles. The lowest BCUT2D eigenvalue weighted by atomic mass is 10.0. The summed E-state index contributed by atoms with van der Waals surface area (Å²) in [5, 5.41) is 8.17. The van der Waals surface area contributed by atoms with Gasteiger partial charge < -0.3 is 4.57 Å². The Morgan fingerprint density at radius 1 is 0.346 bits per heavy atom. The Bertz CT molecular complexity index is 3120. The fraction of sp³-hybridized carbons (Fsp3) is 0. The predicted molar refractivity (Wildman–Crippen MR) is 217 cm³/mol. The molecule has 0 amide bonds. The van der Waals surface area contributed by atoms with Gasteiger partial charge in [-0.1, -0.05) is 152 Å². The summed E-state index contributed by atoms with van der Waals surface area (Å²) >= 11 is 0. The summed E-state index contributed by atoms with van der Waals surface area (Å²) in [7, 11) is 0. The van der Waals surface area contributed by atoms with Crippen LogP contribution in [0.3, 0.4) is 0 Å². The topological polar surface area (TPSA) is 35.6 Å². The lowest BCUT2D eigenvalue weighted by Gasteiger charge is -2.13. The average molecular weight is 663 g/mol. The third-order valence-corrected chi connectivity index (χ3v) is 10.5. The fourth-order valence-corrected chi connectivity index (χ4v) is 8.22. The van der Waals surface area contributed by atoms with Gasteiger partial charge in [-0.3, -0.25) is 4.57 Å². The molecule has 8 aromatic carbocycles. The lowest BCUT2D eigenvalue weighted by molar-refractivity contribution is 1.02. The molecule has 0 aliphatic carbocycles. The van der Waals surface area contributed by atoms with Crippen LogP contribution in [0.25, 0.3) is 99.3 Å². The van der Waals surface area contributed by atoms with Crippen LogP contribution in [0.4, 0.5) is 0 Å². The van der Waals surface area contributed by atoms with E-state index in [0.29, 0.717) is 5.95 Å². The van der Waals surface area contributed by atoms with Crippen LogP contribution >= 0.6 is 0 Å². The first-order valence-corrected chi connectivity index (χ1v) is 17.7. The van der Waals surface area contributed by atoms with E-state index in [1.807, 2.05) is 0 Å². The predicted octanol–water partition coefficient (Wildman–Crippen LogP) is 12.3. The number of rotatable bonds is 4. The third kappa shape index (κ3) is 4.21. The molecule has 4 heteroatoms. The molecule has 0 bridgehead atoms. The standard InChI is InChI=1S/C48H30N4/c1-2-13-31(14-3-1)32-25-27-34(28-26-32)46-38-19-6-9-20-40(38)49-48(50-46)52-44-24-12-23-43(45(44)39-30-29-33-15-4-5-16-35(33)47(39)52)51-41-21-10-7-17-36(41)37-18-8-11-22-42(37)51/h1-30H. The Morgan fingerprint density at radius 2 is 0.942 bits per heavy atom. The Labute approximate surface area is 299 Å². The van der Waals surface area contributed by atoms with Crippen molar-refractivity contribution < 1.29 is 0 Å². The van der Waals surface area contributed by atoms with E-state index in [1.54, 1.807) is 0 Å². The van der Waals surface area contributed by atoms with Crippen LogP contribution in [-0.4, -0.2) is 19.1 Å². The van der Waals surface area contributed by atoms with E-state index in [1.165, 1.54) is 43.7 Å². The van der Waals surface area contributed by atoms with Crippen molar-refractivity contribution in [1.82, 2.24) is 19.1 Å². The summed E-state index contributed by atoms with van der Waals surface area (Å²) in [6, 6.07) is 64.8. The van der Waals surface area contributed by atoms with Crippen molar-refractivity contribution in [2.24, 2.45) is 0 Å². The Morgan fingerprint density at radius 3 is 1.71 bits per heavy atom. The summed E-state index contributed by atoms with van der Waals surface area (Å²) in [6.45, 7) is 0.